The number of halogens is 1. The summed E-state index contributed by atoms with van der Waals surface area (Å²) in [6.07, 6.45) is 2.99. The number of nitrogens with one attached hydrogen (secondary N) is 2. The second-order valence-electron chi connectivity index (χ2n) is 7.37. The average molecular weight is 370 g/mol. The van der Waals surface area contributed by atoms with Crippen molar-refractivity contribution in [3.8, 4) is 0 Å². The predicted molar refractivity (Wildman–Crippen MR) is 105 cm³/mol. The number of unbranched alkanes of at least 4 members (excludes halogenated alkanes) is 1. The molecule has 2 amide bonds. The molecule has 0 aromatic heterocycles. The normalized spacial score (nSPS) is 12.0. The summed E-state index contributed by atoms with van der Waals surface area (Å²) in [5.41, 5.74) is 6.83. The quantitative estimate of drug-likeness (QED) is 0.658. The van der Waals surface area contributed by atoms with Crippen LogP contribution in [0.3, 0.4) is 0 Å². The second kappa shape index (κ2) is 11.1. The molecule has 5 nitrogen and oxygen atoms in total. The number of carbonyl (C=O) groups is 2. The van der Waals surface area contributed by atoms with E-state index in [2.05, 4.69) is 38.3 Å². The summed E-state index contributed by atoms with van der Waals surface area (Å²) in [5.74, 6) is -0.275. The van der Waals surface area contributed by atoms with Crippen LogP contribution in [0.2, 0.25) is 0 Å². The number of benzene rings is 1. The fourth-order valence-corrected chi connectivity index (χ4v) is 2.19. The van der Waals surface area contributed by atoms with Crippen molar-refractivity contribution in [2.45, 2.75) is 53.0 Å². The molecule has 0 radical (unpaired) electrons. The minimum Gasteiger partial charge on any atom is -0.352 e. The van der Waals surface area contributed by atoms with Crippen LogP contribution in [0.25, 0.3) is 0 Å². The zero-order valence-corrected chi connectivity index (χ0v) is 16.5. The highest BCUT2D eigenvalue weighted by Crippen LogP contribution is 2.11. The van der Waals surface area contributed by atoms with Crippen LogP contribution < -0.4 is 16.4 Å². The zero-order valence-electron chi connectivity index (χ0n) is 15.7. The molecule has 0 saturated heterocycles. The van der Waals surface area contributed by atoms with Crippen LogP contribution in [0.15, 0.2) is 24.3 Å². The van der Waals surface area contributed by atoms with Gasteiger partial charge in [-0.1, -0.05) is 40.5 Å². The Morgan fingerprint density at radius 1 is 1.08 bits per heavy atom. The smallest absolute Gasteiger partial charge is 0.251 e. The summed E-state index contributed by atoms with van der Waals surface area (Å²) < 4.78 is 0. The molecule has 6 heteroatoms. The molecule has 1 aromatic carbocycles. The number of nitrogens with two attached hydrogens (primary N) is 1. The van der Waals surface area contributed by atoms with Crippen molar-refractivity contribution >= 4 is 24.2 Å². The fourth-order valence-electron chi connectivity index (χ4n) is 2.19. The van der Waals surface area contributed by atoms with E-state index in [1.807, 2.05) is 0 Å². The van der Waals surface area contributed by atoms with Gasteiger partial charge < -0.3 is 16.4 Å². The van der Waals surface area contributed by atoms with Crippen LogP contribution in [-0.2, 0) is 0 Å². The lowest BCUT2D eigenvalue weighted by molar-refractivity contribution is 0.0925. The second-order valence-corrected chi connectivity index (χ2v) is 7.37. The first kappa shape index (κ1) is 23.4. The lowest BCUT2D eigenvalue weighted by Gasteiger charge is -2.19. The van der Waals surface area contributed by atoms with Gasteiger partial charge in [-0.2, -0.15) is 0 Å². The monoisotopic (exact) mass is 369 g/mol. The Hall–Kier alpha value is -1.59. The van der Waals surface area contributed by atoms with Crippen molar-refractivity contribution in [1.29, 1.82) is 0 Å². The summed E-state index contributed by atoms with van der Waals surface area (Å²) in [6, 6.07) is 6.70. The standard InChI is InChI=1S/C19H31N3O2.ClH/c1-5-6-7-16(12-20)22-18(24)15-10-8-14(9-11-15)17(23)21-13-19(2,3)4;/h8-11,16H,5-7,12-13,20H2,1-4H3,(H,21,23)(H,22,24);1H. The molecule has 1 rings (SSSR count). The van der Waals surface area contributed by atoms with E-state index in [1.54, 1.807) is 24.3 Å². The van der Waals surface area contributed by atoms with Crippen molar-refractivity contribution in [3.63, 3.8) is 0 Å². The average Bonchev–Trinajstić information content (AvgIpc) is 2.55. The molecule has 0 aliphatic heterocycles. The molecular weight excluding hydrogens is 338 g/mol. The zero-order chi connectivity index (χ0) is 18.2. The molecular formula is C19H32ClN3O2. The van der Waals surface area contributed by atoms with E-state index in [9.17, 15) is 9.59 Å². The lowest BCUT2D eigenvalue weighted by atomic mass is 9.97. The molecule has 25 heavy (non-hydrogen) atoms. The molecule has 142 valence electrons. The topological polar surface area (TPSA) is 84.2 Å². The van der Waals surface area contributed by atoms with Crippen molar-refractivity contribution in [1.82, 2.24) is 10.6 Å². The van der Waals surface area contributed by atoms with Crippen molar-refractivity contribution in [2.75, 3.05) is 13.1 Å². The highest BCUT2D eigenvalue weighted by atomic mass is 35.5. The molecule has 0 aliphatic carbocycles. The van der Waals surface area contributed by atoms with Crippen LogP contribution in [0.1, 0.15) is 67.7 Å². The Kier molecular flexibility index (Phi) is 10.4. The summed E-state index contributed by atoms with van der Waals surface area (Å²) >= 11 is 0. The van der Waals surface area contributed by atoms with Crippen LogP contribution in [0.4, 0.5) is 0 Å². The van der Waals surface area contributed by atoms with E-state index in [0.29, 0.717) is 24.2 Å². The van der Waals surface area contributed by atoms with E-state index in [4.69, 9.17) is 5.73 Å². The number of carbonyl (C=O) groups excluding carboxylic acids is 2. The molecule has 0 fully saturated rings. The van der Waals surface area contributed by atoms with Crippen LogP contribution >= 0.6 is 12.4 Å². The molecule has 1 aromatic rings. The SMILES string of the molecule is CCCCC(CN)NC(=O)c1ccc(C(=O)NCC(C)(C)C)cc1.Cl. The minimum absolute atomic E-state index is 0. The van der Waals surface area contributed by atoms with E-state index in [1.165, 1.54) is 0 Å². The van der Waals surface area contributed by atoms with Gasteiger partial charge in [-0.25, -0.2) is 0 Å². The largest absolute Gasteiger partial charge is 0.352 e. The van der Waals surface area contributed by atoms with Crippen molar-refractivity contribution in [2.24, 2.45) is 11.1 Å². The Morgan fingerprint density at radius 3 is 2.04 bits per heavy atom. The first-order valence-corrected chi connectivity index (χ1v) is 8.66. The summed E-state index contributed by atoms with van der Waals surface area (Å²) in [6.45, 7) is 9.33. The lowest BCUT2D eigenvalue weighted by Crippen LogP contribution is -2.40. The minimum atomic E-state index is -0.150. The van der Waals surface area contributed by atoms with Crippen LogP contribution in [-0.4, -0.2) is 30.9 Å². The van der Waals surface area contributed by atoms with Crippen molar-refractivity contribution < 1.29 is 9.59 Å². The Labute approximate surface area is 157 Å². The molecule has 4 N–H and O–H groups in total. The van der Waals surface area contributed by atoms with Gasteiger partial charge in [-0.05, 0) is 36.1 Å². The van der Waals surface area contributed by atoms with E-state index in [-0.39, 0.29) is 35.7 Å². The highest BCUT2D eigenvalue weighted by Gasteiger charge is 2.15. The van der Waals surface area contributed by atoms with Gasteiger partial charge in [-0.15, -0.1) is 12.4 Å². The highest BCUT2D eigenvalue weighted by molar-refractivity contribution is 5.97. The van der Waals surface area contributed by atoms with Gasteiger partial charge in [-0.3, -0.25) is 9.59 Å². The van der Waals surface area contributed by atoms with E-state index in [0.717, 1.165) is 19.3 Å². The number of hydrogen-bond donors (Lipinski definition) is 3. The van der Waals surface area contributed by atoms with Gasteiger partial charge in [0.25, 0.3) is 11.8 Å². The molecule has 0 heterocycles. The van der Waals surface area contributed by atoms with E-state index >= 15 is 0 Å². The summed E-state index contributed by atoms with van der Waals surface area (Å²) in [4.78, 5) is 24.3. The fraction of sp³-hybridized carbons (Fsp3) is 0.579. The Bertz CT molecular complexity index is 539. The Morgan fingerprint density at radius 2 is 1.60 bits per heavy atom. The van der Waals surface area contributed by atoms with Gasteiger partial charge in [0, 0.05) is 30.3 Å². The third-order valence-electron chi connectivity index (χ3n) is 3.71. The summed E-state index contributed by atoms with van der Waals surface area (Å²) in [7, 11) is 0. The maximum Gasteiger partial charge on any atom is 0.251 e. The molecule has 0 bridgehead atoms. The number of rotatable bonds is 8. The molecule has 1 unspecified atom stereocenters. The third-order valence-corrected chi connectivity index (χ3v) is 3.71. The summed E-state index contributed by atoms with van der Waals surface area (Å²) in [5, 5.41) is 5.84. The van der Waals surface area contributed by atoms with Gasteiger partial charge >= 0.3 is 0 Å². The van der Waals surface area contributed by atoms with Crippen molar-refractivity contribution in [3.05, 3.63) is 35.4 Å². The molecule has 0 spiro atoms. The van der Waals surface area contributed by atoms with Gasteiger partial charge in [0.15, 0.2) is 0 Å². The van der Waals surface area contributed by atoms with Gasteiger partial charge in [0.05, 0.1) is 0 Å². The van der Waals surface area contributed by atoms with Gasteiger partial charge in [0.2, 0.25) is 0 Å². The molecule has 1 atom stereocenters. The Balaban J connectivity index is 0.00000576. The number of hydrogen-bond acceptors (Lipinski definition) is 3. The molecule has 0 aliphatic rings. The third kappa shape index (κ3) is 8.89. The first-order valence-electron chi connectivity index (χ1n) is 8.66. The number of amides is 2. The molecule has 0 saturated carbocycles. The first-order chi connectivity index (χ1) is 11.3. The maximum atomic E-state index is 12.2. The van der Waals surface area contributed by atoms with Gasteiger partial charge in [0.1, 0.15) is 0 Å². The van der Waals surface area contributed by atoms with E-state index < -0.39 is 0 Å². The maximum absolute atomic E-state index is 12.2. The van der Waals surface area contributed by atoms with Crippen LogP contribution in [0.5, 0.6) is 0 Å². The predicted octanol–water partition coefficient (Wildman–Crippen LogP) is 3.13. The van der Waals surface area contributed by atoms with Crippen LogP contribution in [0, 0.1) is 5.41 Å².